The van der Waals surface area contributed by atoms with Gasteiger partial charge in [-0.15, -0.1) is 0 Å². The molecule has 2 amide bonds. The fourth-order valence-electron chi connectivity index (χ4n) is 1.64. The number of nitrogens with one attached hydrogen (secondary N) is 2. The molecule has 2 atom stereocenters. The summed E-state index contributed by atoms with van der Waals surface area (Å²) >= 11 is 4.55. The van der Waals surface area contributed by atoms with Crippen LogP contribution in [0.5, 0.6) is 0 Å². The van der Waals surface area contributed by atoms with E-state index in [0.717, 1.165) is 34.5 Å². The third-order valence-electron chi connectivity index (χ3n) is 2.52. The maximum Gasteiger partial charge on any atom is 0.243 e. The zero-order valence-electron chi connectivity index (χ0n) is 8.97. The Kier molecular flexibility index (Phi) is 6.94. The molecular weight excluding hydrogens is 434 g/mol. The van der Waals surface area contributed by atoms with Gasteiger partial charge in [0.2, 0.25) is 11.8 Å². The number of hydrogen-bond donors (Lipinski definition) is 2. The molecule has 1 heterocycles. The molecule has 0 aromatic rings. The molecule has 2 unspecified atom stereocenters. The molecule has 0 aromatic heterocycles. The first-order valence-electron chi connectivity index (χ1n) is 5.41. The van der Waals surface area contributed by atoms with Crippen molar-refractivity contribution in [3.05, 3.63) is 0 Å². The molecule has 0 spiro atoms. The molecule has 1 aliphatic rings. The molecule has 2 N–H and O–H groups in total. The Balaban J connectivity index is 2.43. The monoisotopic (exact) mass is 450 g/mol. The summed E-state index contributed by atoms with van der Waals surface area (Å²) in [4.78, 5) is 23.4. The number of carbonyl (C=O) groups is 2. The highest BCUT2D eigenvalue weighted by atomic mass is 127. The molecule has 0 aliphatic carbocycles. The minimum atomic E-state index is -0.321. The van der Waals surface area contributed by atoms with Gasteiger partial charge in [-0.3, -0.25) is 9.59 Å². The van der Waals surface area contributed by atoms with Gasteiger partial charge in [-0.2, -0.15) is 0 Å². The van der Waals surface area contributed by atoms with E-state index in [1.165, 1.54) is 0 Å². The van der Waals surface area contributed by atoms with Crippen LogP contribution in [0.4, 0.5) is 0 Å². The van der Waals surface area contributed by atoms with Crippen LogP contribution in [0.2, 0.25) is 0 Å². The first kappa shape index (κ1) is 14.5. The summed E-state index contributed by atoms with van der Waals surface area (Å²) in [5.74, 6) is -0.0502. The lowest BCUT2D eigenvalue weighted by Gasteiger charge is -2.29. The van der Waals surface area contributed by atoms with Crippen molar-refractivity contribution in [2.45, 2.75) is 37.8 Å². The van der Waals surface area contributed by atoms with E-state index in [2.05, 4.69) is 55.8 Å². The van der Waals surface area contributed by atoms with Crippen LogP contribution in [0, 0.1) is 0 Å². The number of carbonyl (C=O) groups excluding carboxylic acids is 2. The highest BCUT2D eigenvalue weighted by Crippen LogP contribution is 2.09. The summed E-state index contributed by atoms with van der Waals surface area (Å²) < 4.78 is 2.02. The molecule has 0 bridgehead atoms. The molecule has 0 saturated carbocycles. The van der Waals surface area contributed by atoms with Crippen molar-refractivity contribution >= 4 is 57.0 Å². The Bertz CT molecular complexity index is 235. The first-order valence-corrected chi connectivity index (χ1v) is 8.47. The maximum absolute atomic E-state index is 11.7. The van der Waals surface area contributed by atoms with Crippen LogP contribution in [-0.2, 0) is 9.59 Å². The van der Waals surface area contributed by atoms with Crippen LogP contribution in [0.15, 0.2) is 0 Å². The topological polar surface area (TPSA) is 58.2 Å². The molecular formula is C10H16I2N2O2. The molecule has 0 radical (unpaired) electrons. The molecule has 1 aliphatic heterocycles. The average molecular weight is 450 g/mol. The number of alkyl halides is 2. The van der Waals surface area contributed by atoms with E-state index in [4.69, 9.17) is 0 Å². The number of hydrogen-bond acceptors (Lipinski definition) is 2. The predicted molar refractivity (Wildman–Crippen MR) is 80.1 cm³/mol. The van der Waals surface area contributed by atoms with Crippen molar-refractivity contribution < 1.29 is 9.59 Å². The Morgan fingerprint density at radius 2 is 1.25 bits per heavy atom. The summed E-state index contributed by atoms with van der Waals surface area (Å²) in [5, 5.41) is 5.61. The third kappa shape index (κ3) is 4.34. The SMILES string of the molecule is O=C1NC(CCCI)C(=O)NC1CCCI. The van der Waals surface area contributed by atoms with Gasteiger partial charge in [-0.25, -0.2) is 0 Å². The van der Waals surface area contributed by atoms with Gasteiger partial charge in [0.25, 0.3) is 0 Å². The Morgan fingerprint density at radius 1 is 0.875 bits per heavy atom. The Hall–Kier alpha value is 0.400. The Morgan fingerprint density at radius 3 is 1.56 bits per heavy atom. The second kappa shape index (κ2) is 7.67. The molecule has 16 heavy (non-hydrogen) atoms. The quantitative estimate of drug-likeness (QED) is 0.475. The van der Waals surface area contributed by atoms with Crippen LogP contribution in [0.3, 0.4) is 0 Å². The number of piperazine rings is 1. The number of halogens is 2. The highest BCUT2D eigenvalue weighted by molar-refractivity contribution is 14.1. The Labute approximate surface area is 123 Å². The largest absolute Gasteiger partial charge is 0.343 e. The summed E-state index contributed by atoms with van der Waals surface area (Å²) in [6.45, 7) is 0. The van der Waals surface area contributed by atoms with E-state index in [9.17, 15) is 9.59 Å². The molecule has 6 heteroatoms. The normalized spacial score (nSPS) is 25.1. The lowest BCUT2D eigenvalue weighted by atomic mass is 10.0. The lowest BCUT2D eigenvalue weighted by molar-refractivity contribution is -0.137. The summed E-state index contributed by atoms with van der Waals surface area (Å²) in [5.41, 5.74) is 0. The second-order valence-electron chi connectivity index (χ2n) is 3.78. The van der Waals surface area contributed by atoms with Crippen molar-refractivity contribution in [1.82, 2.24) is 10.6 Å². The average Bonchev–Trinajstić information content (AvgIpc) is 2.28. The zero-order chi connectivity index (χ0) is 12.0. The molecule has 1 saturated heterocycles. The van der Waals surface area contributed by atoms with Crippen molar-refractivity contribution in [2.24, 2.45) is 0 Å². The lowest BCUT2D eigenvalue weighted by Crippen LogP contribution is -2.61. The van der Waals surface area contributed by atoms with Gasteiger partial charge < -0.3 is 10.6 Å². The predicted octanol–water partition coefficient (Wildman–Crippen LogP) is 1.40. The van der Waals surface area contributed by atoms with Crippen LogP contribution in [0.25, 0.3) is 0 Å². The first-order chi connectivity index (χ1) is 7.69. The van der Waals surface area contributed by atoms with Crippen LogP contribution in [-0.4, -0.2) is 32.8 Å². The minimum absolute atomic E-state index is 0.0251. The minimum Gasteiger partial charge on any atom is -0.343 e. The maximum atomic E-state index is 11.7. The molecule has 4 nitrogen and oxygen atoms in total. The van der Waals surface area contributed by atoms with Gasteiger partial charge in [0.05, 0.1) is 0 Å². The van der Waals surface area contributed by atoms with Crippen LogP contribution < -0.4 is 10.6 Å². The van der Waals surface area contributed by atoms with Crippen molar-refractivity contribution in [3.8, 4) is 0 Å². The second-order valence-corrected chi connectivity index (χ2v) is 5.94. The van der Waals surface area contributed by atoms with Gasteiger partial charge in [0.1, 0.15) is 12.1 Å². The van der Waals surface area contributed by atoms with Gasteiger partial charge in [-0.1, -0.05) is 45.2 Å². The zero-order valence-corrected chi connectivity index (χ0v) is 13.3. The summed E-state index contributed by atoms with van der Waals surface area (Å²) in [6.07, 6.45) is 3.38. The molecule has 0 aromatic carbocycles. The van der Waals surface area contributed by atoms with E-state index in [-0.39, 0.29) is 23.9 Å². The van der Waals surface area contributed by atoms with Gasteiger partial charge in [-0.05, 0) is 34.5 Å². The van der Waals surface area contributed by atoms with E-state index in [1.807, 2.05) is 0 Å². The van der Waals surface area contributed by atoms with Crippen LogP contribution in [0.1, 0.15) is 25.7 Å². The van der Waals surface area contributed by atoms with E-state index >= 15 is 0 Å². The van der Waals surface area contributed by atoms with E-state index < -0.39 is 0 Å². The number of amides is 2. The standard InChI is InChI=1S/C10H16I2N2O2/c11-5-1-3-7-9(15)14-8(4-2-6-12)10(16)13-7/h7-8H,1-6H2,(H,13,16)(H,14,15). The van der Waals surface area contributed by atoms with E-state index in [1.54, 1.807) is 0 Å². The van der Waals surface area contributed by atoms with Crippen molar-refractivity contribution in [1.29, 1.82) is 0 Å². The van der Waals surface area contributed by atoms with Gasteiger partial charge in [0.15, 0.2) is 0 Å². The van der Waals surface area contributed by atoms with Crippen LogP contribution >= 0.6 is 45.2 Å². The fourth-order valence-corrected chi connectivity index (χ4v) is 2.53. The van der Waals surface area contributed by atoms with E-state index in [0.29, 0.717) is 0 Å². The third-order valence-corrected chi connectivity index (χ3v) is 4.04. The van der Waals surface area contributed by atoms with Gasteiger partial charge >= 0.3 is 0 Å². The fraction of sp³-hybridized carbons (Fsp3) is 0.800. The molecule has 92 valence electrons. The smallest absolute Gasteiger partial charge is 0.243 e. The van der Waals surface area contributed by atoms with Crippen molar-refractivity contribution in [2.75, 3.05) is 8.86 Å². The number of rotatable bonds is 6. The summed E-state index contributed by atoms with van der Waals surface area (Å²) in [7, 11) is 0. The molecule has 1 fully saturated rings. The van der Waals surface area contributed by atoms with Gasteiger partial charge in [0, 0.05) is 0 Å². The summed E-state index contributed by atoms with van der Waals surface area (Å²) in [6, 6.07) is -0.642. The highest BCUT2D eigenvalue weighted by Gasteiger charge is 2.32. The molecule has 1 rings (SSSR count). The van der Waals surface area contributed by atoms with Crippen molar-refractivity contribution in [3.63, 3.8) is 0 Å².